The zero-order valence-corrected chi connectivity index (χ0v) is 22.0. The second-order valence-electron chi connectivity index (χ2n) is 9.15. The summed E-state index contributed by atoms with van der Waals surface area (Å²) in [6.07, 6.45) is -0.679. The topological polar surface area (TPSA) is 94.2 Å². The molecule has 1 amide bonds. The van der Waals surface area contributed by atoms with E-state index in [1.165, 1.54) is 0 Å². The number of nitrogens with two attached hydrogens (primary N) is 1. The van der Waals surface area contributed by atoms with E-state index in [4.69, 9.17) is 19.9 Å². The number of carbonyl (C=O) groups is 1. The first-order valence-electron chi connectivity index (χ1n) is 12.8. The van der Waals surface area contributed by atoms with Gasteiger partial charge in [-0.25, -0.2) is 0 Å². The van der Waals surface area contributed by atoms with E-state index in [9.17, 15) is 9.90 Å². The molecule has 3 N–H and O–H groups in total. The Balaban J connectivity index is 1.39. The number of primary amides is 1. The molecule has 0 aliphatic heterocycles. The molecule has 0 saturated carbocycles. The maximum Gasteiger partial charge on any atom is 0.252 e. The van der Waals surface area contributed by atoms with Gasteiger partial charge in [-0.2, -0.15) is 0 Å². The molecule has 1 unspecified atom stereocenters. The third-order valence-electron chi connectivity index (χ3n) is 6.31. The zero-order valence-electron chi connectivity index (χ0n) is 22.0. The molecule has 7 heteroatoms. The van der Waals surface area contributed by atoms with Crippen molar-refractivity contribution in [1.29, 1.82) is 0 Å². The maximum absolute atomic E-state index is 12.1. The molecule has 0 radical (unpaired) electrons. The van der Waals surface area contributed by atoms with Crippen LogP contribution in [0.25, 0.3) is 0 Å². The number of ether oxygens (including phenoxy) is 3. The summed E-state index contributed by atoms with van der Waals surface area (Å²) < 4.78 is 17.1. The summed E-state index contributed by atoms with van der Waals surface area (Å²) in [5.74, 6) is 1.09. The van der Waals surface area contributed by atoms with Gasteiger partial charge in [0.25, 0.3) is 5.91 Å². The molecular formula is C32H34N2O5. The first-order valence-corrected chi connectivity index (χ1v) is 12.8. The van der Waals surface area contributed by atoms with Gasteiger partial charge in [0, 0.05) is 19.6 Å². The van der Waals surface area contributed by atoms with E-state index in [2.05, 4.69) is 17.0 Å². The highest BCUT2D eigenvalue weighted by atomic mass is 16.5. The summed E-state index contributed by atoms with van der Waals surface area (Å²) in [4.78, 5) is 14.2. The minimum atomic E-state index is -0.679. The highest BCUT2D eigenvalue weighted by Gasteiger charge is 2.16. The number of hydrogen-bond acceptors (Lipinski definition) is 6. The van der Waals surface area contributed by atoms with Crippen molar-refractivity contribution in [3.63, 3.8) is 0 Å². The van der Waals surface area contributed by atoms with Crippen molar-refractivity contribution in [1.82, 2.24) is 4.90 Å². The molecule has 202 valence electrons. The van der Waals surface area contributed by atoms with E-state index < -0.39 is 12.0 Å². The average Bonchev–Trinajstić information content (AvgIpc) is 2.97. The lowest BCUT2D eigenvalue weighted by Crippen LogP contribution is -2.32. The van der Waals surface area contributed by atoms with Crippen LogP contribution in [0.3, 0.4) is 0 Å². The van der Waals surface area contributed by atoms with E-state index >= 15 is 0 Å². The van der Waals surface area contributed by atoms with E-state index in [-0.39, 0.29) is 5.56 Å². The molecule has 39 heavy (non-hydrogen) atoms. The second-order valence-corrected chi connectivity index (χ2v) is 9.15. The highest BCUT2D eigenvalue weighted by Crippen LogP contribution is 2.25. The van der Waals surface area contributed by atoms with Crippen molar-refractivity contribution in [2.45, 2.75) is 19.3 Å². The fourth-order valence-corrected chi connectivity index (χ4v) is 4.20. The Hall–Kier alpha value is -4.33. The van der Waals surface area contributed by atoms with Crippen LogP contribution in [-0.4, -0.2) is 42.7 Å². The lowest BCUT2D eigenvalue weighted by atomic mass is 10.1. The molecule has 4 aromatic carbocycles. The standard InChI is InChI=1S/C32H34N2O5/c1-37-27-14-12-26(13-15-27)30(35)22-34(21-24-8-4-2-5-9-24)18-19-38-28-16-17-31(29(20-28)32(33)36)39-23-25-10-6-3-7-11-25/h2-17,20,30,35H,18-19,21-23H2,1H3,(H2,33,36). The minimum Gasteiger partial charge on any atom is -0.497 e. The molecule has 4 rings (SSSR count). The molecule has 4 aromatic rings. The van der Waals surface area contributed by atoms with Crippen LogP contribution >= 0.6 is 0 Å². The summed E-state index contributed by atoms with van der Waals surface area (Å²) in [7, 11) is 1.62. The van der Waals surface area contributed by atoms with Gasteiger partial charge in [-0.15, -0.1) is 0 Å². The third-order valence-corrected chi connectivity index (χ3v) is 6.31. The Morgan fingerprint density at radius 2 is 1.49 bits per heavy atom. The summed E-state index contributed by atoms with van der Waals surface area (Å²) in [6.45, 7) is 2.30. The van der Waals surface area contributed by atoms with Crippen LogP contribution in [-0.2, 0) is 13.2 Å². The Morgan fingerprint density at radius 1 is 0.846 bits per heavy atom. The first kappa shape index (κ1) is 27.7. The van der Waals surface area contributed by atoms with Crippen molar-refractivity contribution < 1.29 is 24.1 Å². The summed E-state index contributed by atoms with van der Waals surface area (Å²) in [5.41, 5.74) is 8.82. The van der Waals surface area contributed by atoms with Gasteiger partial charge in [-0.1, -0.05) is 72.8 Å². The Morgan fingerprint density at radius 3 is 2.13 bits per heavy atom. The quantitative estimate of drug-likeness (QED) is 0.241. The van der Waals surface area contributed by atoms with Crippen molar-refractivity contribution in [2.24, 2.45) is 5.73 Å². The summed E-state index contributed by atoms with van der Waals surface area (Å²) in [5, 5.41) is 10.9. The number of benzene rings is 4. The van der Waals surface area contributed by atoms with Crippen molar-refractivity contribution in [3.8, 4) is 17.2 Å². The van der Waals surface area contributed by atoms with Gasteiger partial charge in [-0.05, 0) is 47.0 Å². The molecular weight excluding hydrogens is 492 g/mol. The van der Waals surface area contributed by atoms with Crippen LogP contribution < -0.4 is 19.9 Å². The Bertz CT molecular complexity index is 1310. The van der Waals surface area contributed by atoms with Gasteiger partial charge in [0.15, 0.2) is 0 Å². The van der Waals surface area contributed by atoms with E-state index in [0.717, 1.165) is 22.4 Å². The molecule has 1 atom stereocenters. The third kappa shape index (κ3) is 8.33. The van der Waals surface area contributed by atoms with Crippen LogP contribution in [0.1, 0.15) is 33.2 Å². The van der Waals surface area contributed by atoms with Crippen LogP contribution in [0.5, 0.6) is 17.2 Å². The van der Waals surface area contributed by atoms with Gasteiger partial charge >= 0.3 is 0 Å². The van der Waals surface area contributed by atoms with Crippen molar-refractivity contribution in [3.05, 3.63) is 125 Å². The number of hydrogen-bond donors (Lipinski definition) is 2. The number of carbonyl (C=O) groups excluding carboxylic acids is 1. The summed E-state index contributed by atoms with van der Waals surface area (Å²) in [6, 6.07) is 32.3. The largest absolute Gasteiger partial charge is 0.497 e. The fourth-order valence-electron chi connectivity index (χ4n) is 4.20. The zero-order chi connectivity index (χ0) is 27.5. The number of rotatable bonds is 14. The number of methoxy groups -OCH3 is 1. The normalized spacial score (nSPS) is 11.7. The Kier molecular flexibility index (Phi) is 9.94. The van der Waals surface area contributed by atoms with E-state index in [1.54, 1.807) is 25.3 Å². The van der Waals surface area contributed by atoms with Crippen LogP contribution in [0.15, 0.2) is 103 Å². The van der Waals surface area contributed by atoms with Crippen LogP contribution in [0.4, 0.5) is 0 Å². The van der Waals surface area contributed by atoms with Crippen molar-refractivity contribution in [2.75, 3.05) is 26.8 Å². The molecule has 0 aliphatic carbocycles. The maximum atomic E-state index is 12.1. The monoisotopic (exact) mass is 526 g/mol. The SMILES string of the molecule is COc1ccc(C(O)CN(CCOc2ccc(OCc3ccccc3)c(C(N)=O)c2)Cc2ccccc2)cc1. The number of nitrogens with zero attached hydrogens (tertiary/aromatic N) is 1. The van der Waals surface area contributed by atoms with Crippen LogP contribution in [0.2, 0.25) is 0 Å². The lowest BCUT2D eigenvalue weighted by molar-refractivity contribution is 0.0976. The summed E-state index contributed by atoms with van der Waals surface area (Å²) >= 11 is 0. The van der Waals surface area contributed by atoms with E-state index in [1.807, 2.05) is 72.8 Å². The molecule has 0 heterocycles. The number of amides is 1. The van der Waals surface area contributed by atoms with Gasteiger partial charge < -0.3 is 25.1 Å². The fraction of sp³-hybridized carbons (Fsp3) is 0.219. The molecule has 0 spiro atoms. The van der Waals surface area contributed by atoms with Gasteiger partial charge in [0.1, 0.15) is 30.5 Å². The smallest absolute Gasteiger partial charge is 0.252 e. The molecule has 0 bridgehead atoms. The first-order chi connectivity index (χ1) is 19.0. The predicted molar refractivity (Wildman–Crippen MR) is 151 cm³/mol. The predicted octanol–water partition coefficient (Wildman–Crippen LogP) is 4.99. The minimum absolute atomic E-state index is 0.263. The number of aliphatic hydroxyl groups excluding tert-OH is 1. The Labute approximate surface area is 229 Å². The average molecular weight is 527 g/mol. The second kappa shape index (κ2) is 14.0. The molecule has 0 fully saturated rings. The van der Waals surface area contributed by atoms with Gasteiger partial charge in [0.05, 0.1) is 18.8 Å². The molecule has 0 saturated heterocycles. The highest BCUT2D eigenvalue weighted by molar-refractivity contribution is 5.96. The lowest BCUT2D eigenvalue weighted by Gasteiger charge is -2.25. The van der Waals surface area contributed by atoms with Gasteiger partial charge in [-0.3, -0.25) is 9.69 Å². The van der Waals surface area contributed by atoms with Crippen LogP contribution in [0, 0.1) is 0 Å². The van der Waals surface area contributed by atoms with E-state index in [0.29, 0.717) is 44.3 Å². The molecule has 0 aliphatic rings. The molecule has 7 nitrogen and oxygen atoms in total. The van der Waals surface area contributed by atoms with Crippen molar-refractivity contribution >= 4 is 5.91 Å². The molecule has 0 aromatic heterocycles. The van der Waals surface area contributed by atoms with Gasteiger partial charge in [0.2, 0.25) is 0 Å². The number of aliphatic hydroxyl groups is 1.